The number of carboxylic acid groups (broad SMARTS) is 1. The summed E-state index contributed by atoms with van der Waals surface area (Å²) in [7, 11) is -3.86. The van der Waals surface area contributed by atoms with Crippen LogP contribution in [0.2, 0.25) is 0 Å². The van der Waals surface area contributed by atoms with Gasteiger partial charge >= 0.3 is 13.6 Å². The van der Waals surface area contributed by atoms with Gasteiger partial charge in [-0.05, 0) is 25.7 Å². The second-order valence-corrected chi connectivity index (χ2v) is 7.73. The molecule has 0 aliphatic carbocycles. The predicted octanol–water partition coefficient (Wildman–Crippen LogP) is -0.648. The lowest BCUT2D eigenvalue weighted by Gasteiger charge is -2.36. The molecular weight excluding hydrogens is 337 g/mol. The second kappa shape index (κ2) is 9.12. The third kappa shape index (κ3) is 5.86. The molecule has 1 rings (SSSR count). The van der Waals surface area contributed by atoms with E-state index in [1.165, 1.54) is 0 Å². The number of nitrogens with zero attached hydrogens (tertiary/aromatic N) is 1. The minimum absolute atomic E-state index is 0.0971. The molecule has 0 bridgehead atoms. The largest absolute Gasteiger partial charge is 0.481 e. The number of hydrogen-bond donors (Lipinski definition) is 5. The Labute approximate surface area is 140 Å². The number of rotatable bonds is 9. The number of piperidine rings is 1. The Hall–Kier alpha value is -1.48. The van der Waals surface area contributed by atoms with Crippen LogP contribution in [0.15, 0.2) is 0 Å². The zero-order valence-corrected chi connectivity index (χ0v) is 14.6. The van der Waals surface area contributed by atoms with Crippen LogP contribution in [0.25, 0.3) is 0 Å². The molecule has 2 amide bonds. The summed E-state index contributed by atoms with van der Waals surface area (Å²) in [5, 5.41) is 13.9. The summed E-state index contributed by atoms with van der Waals surface area (Å²) >= 11 is 0. The van der Waals surface area contributed by atoms with Gasteiger partial charge in [-0.1, -0.05) is 6.92 Å². The van der Waals surface area contributed by atoms with E-state index in [0.717, 1.165) is 4.67 Å². The molecular formula is C13H26N5O5P. The van der Waals surface area contributed by atoms with Gasteiger partial charge in [-0.2, -0.15) is 0 Å². The maximum atomic E-state index is 12.7. The van der Waals surface area contributed by atoms with Crippen molar-refractivity contribution in [3.05, 3.63) is 0 Å². The number of carbonyl (C=O) groups excluding carboxylic acids is 2. The number of carbonyl (C=O) groups is 3. The Morgan fingerprint density at radius 2 is 2.17 bits per heavy atom. The lowest BCUT2D eigenvalue weighted by atomic mass is 10.1. The molecule has 0 aromatic carbocycles. The number of aliphatic carboxylic acids is 1. The van der Waals surface area contributed by atoms with Crippen LogP contribution < -0.4 is 21.6 Å². The Morgan fingerprint density at radius 1 is 1.50 bits per heavy atom. The summed E-state index contributed by atoms with van der Waals surface area (Å²) in [6, 6.07) is -1.85. The molecule has 1 aliphatic rings. The lowest BCUT2D eigenvalue weighted by Crippen LogP contribution is -2.53. The number of carboxylic acids is 1. The molecule has 11 heteroatoms. The Kier molecular flexibility index (Phi) is 7.82. The smallest absolute Gasteiger partial charge is 0.306 e. The standard InChI is InChI=1S/C13H26N5O5P/c1-2-7-16-12(21)10(5-6-11(19)20)17-24(15,23)18-8-3-4-9(14)13(18)22/h9-10H,2-8,14H2,1H3,(H,16,21)(H,19,20)(H3,15,17,23)/t9-,10?,24?/m0/s1. The minimum Gasteiger partial charge on any atom is -0.481 e. The highest BCUT2D eigenvalue weighted by atomic mass is 31.2. The van der Waals surface area contributed by atoms with Crippen molar-refractivity contribution >= 4 is 25.4 Å². The van der Waals surface area contributed by atoms with Gasteiger partial charge < -0.3 is 16.2 Å². The monoisotopic (exact) mass is 363 g/mol. The molecule has 0 saturated carbocycles. The zero-order chi connectivity index (χ0) is 18.3. The Balaban J connectivity index is 2.85. The van der Waals surface area contributed by atoms with Crippen molar-refractivity contribution in [1.82, 2.24) is 15.1 Å². The number of amides is 2. The molecule has 3 atom stereocenters. The summed E-state index contributed by atoms with van der Waals surface area (Å²) < 4.78 is 13.7. The predicted molar refractivity (Wildman–Crippen MR) is 87.8 cm³/mol. The van der Waals surface area contributed by atoms with Crippen LogP contribution in [0.3, 0.4) is 0 Å². The van der Waals surface area contributed by atoms with Gasteiger partial charge in [0.15, 0.2) is 0 Å². The molecule has 10 nitrogen and oxygen atoms in total. The first-order chi connectivity index (χ1) is 11.2. The van der Waals surface area contributed by atoms with Crippen LogP contribution in [-0.2, 0) is 18.9 Å². The van der Waals surface area contributed by atoms with Crippen molar-refractivity contribution in [3.8, 4) is 0 Å². The molecule has 0 radical (unpaired) electrons. The molecule has 138 valence electrons. The Bertz CT molecular complexity index is 529. The fourth-order valence-electron chi connectivity index (χ4n) is 2.37. The first-order valence-electron chi connectivity index (χ1n) is 7.92. The number of hydrogen-bond acceptors (Lipinski definition) is 5. The molecule has 7 N–H and O–H groups in total. The van der Waals surface area contributed by atoms with Crippen molar-refractivity contribution in [2.24, 2.45) is 11.2 Å². The molecule has 1 saturated heterocycles. The van der Waals surface area contributed by atoms with E-state index in [-0.39, 0.29) is 19.4 Å². The average molecular weight is 363 g/mol. The number of nitrogens with two attached hydrogens (primary N) is 2. The third-order valence-corrected chi connectivity index (χ3v) is 5.46. The van der Waals surface area contributed by atoms with Crippen LogP contribution in [-0.4, -0.2) is 52.7 Å². The summed E-state index contributed by atoms with van der Waals surface area (Å²) in [4.78, 5) is 35.0. The van der Waals surface area contributed by atoms with Crippen LogP contribution in [0, 0.1) is 0 Å². The van der Waals surface area contributed by atoms with Crippen molar-refractivity contribution in [2.45, 2.75) is 51.1 Å². The first kappa shape index (κ1) is 20.6. The maximum absolute atomic E-state index is 12.7. The maximum Gasteiger partial charge on any atom is 0.306 e. The van der Waals surface area contributed by atoms with Gasteiger partial charge in [0, 0.05) is 19.5 Å². The van der Waals surface area contributed by atoms with Gasteiger partial charge in [0.2, 0.25) is 11.8 Å². The average Bonchev–Trinajstić information content (AvgIpc) is 2.51. The van der Waals surface area contributed by atoms with E-state index in [4.69, 9.17) is 16.3 Å². The minimum atomic E-state index is -3.86. The van der Waals surface area contributed by atoms with E-state index in [0.29, 0.717) is 25.8 Å². The van der Waals surface area contributed by atoms with Crippen LogP contribution in [0.1, 0.15) is 39.0 Å². The molecule has 0 spiro atoms. The van der Waals surface area contributed by atoms with E-state index in [1.807, 2.05) is 6.92 Å². The van der Waals surface area contributed by atoms with Crippen molar-refractivity contribution in [1.29, 1.82) is 0 Å². The molecule has 1 fully saturated rings. The highest BCUT2D eigenvalue weighted by Gasteiger charge is 2.38. The third-order valence-electron chi connectivity index (χ3n) is 3.67. The number of nitrogens with one attached hydrogen (secondary N) is 2. The van der Waals surface area contributed by atoms with Crippen molar-refractivity contribution in [3.63, 3.8) is 0 Å². The first-order valence-corrected chi connectivity index (χ1v) is 9.65. The summed E-state index contributed by atoms with van der Waals surface area (Å²) in [5.41, 5.74) is 11.5. The second-order valence-electron chi connectivity index (χ2n) is 5.74. The Morgan fingerprint density at radius 3 is 2.75 bits per heavy atom. The van der Waals surface area contributed by atoms with Gasteiger partial charge in [-0.25, -0.2) is 5.09 Å². The topological polar surface area (TPSA) is 168 Å². The van der Waals surface area contributed by atoms with Gasteiger partial charge in [-0.3, -0.25) is 29.1 Å². The SMILES string of the molecule is CCCNC(=O)C(CCC(=O)O)NP(N)(=O)N1CCC[C@H](N)C1=O. The van der Waals surface area contributed by atoms with Gasteiger partial charge in [-0.15, -0.1) is 0 Å². The van der Waals surface area contributed by atoms with Crippen LogP contribution in [0.4, 0.5) is 0 Å². The van der Waals surface area contributed by atoms with Gasteiger partial charge in [0.25, 0.3) is 0 Å². The highest BCUT2D eigenvalue weighted by molar-refractivity contribution is 7.57. The van der Waals surface area contributed by atoms with E-state index in [1.54, 1.807) is 0 Å². The fourth-order valence-corrected chi connectivity index (χ4v) is 4.08. The molecule has 0 aromatic heterocycles. The summed E-state index contributed by atoms with van der Waals surface area (Å²) in [5.74, 6) is -2.13. The van der Waals surface area contributed by atoms with E-state index in [2.05, 4.69) is 10.4 Å². The molecule has 2 unspecified atom stereocenters. The van der Waals surface area contributed by atoms with Gasteiger partial charge in [0.1, 0.15) is 0 Å². The van der Waals surface area contributed by atoms with Crippen molar-refractivity contribution in [2.75, 3.05) is 13.1 Å². The molecule has 1 heterocycles. The zero-order valence-electron chi connectivity index (χ0n) is 13.7. The summed E-state index contributed by atoms with van der Waals surface area (Å²) in [6.07, 6.45) is 1.33. The van der Waals surface area contributed by atoms with Gasteiger partial charge in [0.05, 0.1) is 12.1 Å². The van der Waals surface area contributed by atoms with Crippen LogP contribution >= 0.6 is 7.59 Å². The molecule has 1 aliphatic heterocycles. The van der Waals surface area contributed by atoms with Crippen molar-refractivity contribution < 1.29 is 24.1 Å². The fraction of sp³-hybridized carbons (Fsp3) is 0.769. The lowest BCUT2D eigenvalue weighted by molar-refractivity contribution is -0.137. The quantitative estimate of drug-likeness (QED) is 0.337. The van der Waals surface area contributed by atoms with E-state index < -0.39 is 37.5 Å². The molecule has 24 heavy (non-hydrogen) atoms. The highest BCUT2D eigenvalue weighted by Crippen LogP contribution is 2.40. The normalized spacial score (nSPS) is 21.9. The van der Waals surface area contributed by atoms with E-state index in [9.17, 15) is 18.9 Å². The van der Waals surface area contributed by atoms with E-state index >= 15 is 0 Å². The summed E-state index contributed by atoms with van der Waals surface area (Å²) in [6.45, 7) is 2.43. The molecule has 0 aromatic rings. The van der Waals surface area contributed by atoms with Crippen LogP contribution in [0.5, 0.6) is 0 Å².